The quantitative estimate of drug-likeness (QED) is 0.920. The lowest BCUT2D eigenvalue weighted by Gasteiger charge is -2.07. The zero-order chi connectivity index (χ0) is 16.4. The normalized spacial score (nSPS) is 19.2. The third-order valence-corrected chi connectivity index (χ3v) is 5.01. The molecule has 2 aromatic rings. The summed E-state index contributed by atoms with van der Waals surface area (Å²) in [6, 6.07) is 11.5. The number of carbonyl (C=O) groups excluding carboxylic acids is 1. The molecule has 1 atom stereocenters. The molecular weight excluding hydrogens is 330 g/mol. The molecule has 0 radical (unpaired) electrons. The summed E-state index contributed by atoms with van der Waals surface area (Å²) in [7, 11) is 0. The molecule has 1 aromatic carbocycles. The molecule has 4 nitrogen and oxygen atoms in total. The van der Waals surface area contributed by atoms with Gasteiger partial charge in [-0.3, -0.25) is 4.79 Å². The van der Waals surface area contributed by atoms with Gasteiger partial charge in [-0.15, -0.1) is 0 Å². The van der Waals surface area contributed by atoms with Crippen LogP contribution in [0, 0.1) is 13.8 Å². The molecular formula is C17H16ClN3OS. The maximum absolute atomic E-state index is 12.1. The lowest BCUT2D eigenvalue weighted by Crippen LogP contribution is -2.26. The zero-order valence-corrected chi connectivity index (χ0v) is 14.4. The highest BCUT2D eigenvalue weighted by Crippen LogP contribution is 2.26. The van der Waals surface area contributed by atoms with E-state index in [1.54, 1.807) is 0 Å². The van der Waals surface area contributed by atoms with E-state index in [0.717, 1.165) is 21.8 Å². The monoisotopic (exact) mass is 345 g/mol. The van der Waals surface area contributed by atoms with Crippen LogP contribution < -0.4 is 5.32 Å². The van der Waals surface area contributed by atoms with Crippen molar-refractivity contribution in [3.05, 3.63) is 58.2 Å². The second kappa shape index (κ2) is 6.72. The van der Waals surface area contributed by atoms with Gasteiger partial charge in [0.1, 0.15) is 0 Å². The molecule has 0 spiro atoms. The highest BCUT2D eigenvalue weighted by molar-refractivity contribution is 8.15. The van der Waals surface area contributed by atoms with E-state index in [-0.39, 0.29) is 11.2 Å². The molecule has 1 N–H and O–H groups in total. The number of hydrogen-bond donors (Lipinski definition) is 1. The van der Waals surface area contributed by atoms with Gasteiger partial charge in [-0.05, 0) is 49.6 Å². The van der Waals surface area contributed by atoms with Gasteiger partial charge in [0.05, 0.1) is 5.25 Å². The molecule has 0 saturated carbocycles. The minimum absolute atomic E-state index is 0.0295. The lowest BCUT2D eigenvalue weighted by atomic mass is 10.1. The van der Waals surface area contributed by atoms with Gasteiger partial charge in [0.25, 0.3) is 0 Å². The smallest absolute Gasteiger partial charge is 0.239 e. The van der Waals surface area contributed by atoms with Gasteiger partial charge in [0, 0.05) is 10.7 Å². The van der Waals surface area contributed by atoms with Gasteiger partial charge in [-0.2, -0.15) is 0 Å². The first-order chi connectivity index (χ1) is 11.0. The van der Waals surface area contributed by atoms with Gasteiger partial charge >= 0.3 is 0 Å². The van der Waals surface area contributed by atoms with Crippen LogP contribution in [0.15, 0.2) is 41.4 Å². The summed E-state index contributed by atoms with van der Waals surface area (Å²) >= 11 is 7.58. The molecule has 1 aliphatic rings. The molecule has 3 rings (SSSR count). The number of aliphatic imine (C=N–C) groups is 1. The van der Waals surface area contributed by atoms with Crippen LogP contribution in [0.2, 0.25) is 5.02 Å². The van der Waals surface area contributed by atoms with Gasteiger partial charge < -0.3 is 5.32 Å². The molecule has 1 saturated heterocycles. The van der Waals surface area contributed by atoms with Crippen LogP contribution in [0.4, 0.5) is 5.82 Å². The largest absolute Gasteiger partial charge is 0.304 e. The number of benzene rings is 1. The number of hydrogen-bond acceptors (Lipinski definition) is 4. The summed E-state index contributed by atoms with van der Waals surface area (Å²) < 4.78 is 0. The van der Waals surface area contributed by atoms with Crippen molar-refractivity contribution < 1.29 is 4.79 Å². The summed E-state index contributed by atoms with van der Waals surface area (Å²) in [4.78, 5) is 20.9. The number of halogens is 1. The highest BCUT2D eigenvalue weighted by atomic mass is 35.5. The van der Waals surface area contributed by atoms with Crippen molar-refractivity contribution in [3.8, 4) is 0 Å². The zero-order valence-electron chi connectivity index (χ0n) is 12.8. The van der Waals surface area contributed by atoms with Crippen LogP contribution in [0.5, 0.6) is 0 Å². The van der Waals surface area contributed by atoms with Gasteiger partial charge in [-0.1, -0.05) is 41.6 Å². The SMILES string of the molecule is Cc1cccc(/N=C2\NC(=O)C(Cc3ccc(C)c(Cl)c3)S2)n1. The lowest BCUT2D eigenvalue weighted by molar-refractivity contribution is -0.118. The number of nitrogens with one attached hydrogen (secondary N) is 1. The van der Waals surface area contributed by atoms with E-state index in [2.05, 4.69) is 15.3 Å². The topological polar surface area (TPSA) is 54.4 Å². The van der Waals surface area contributed by atoms with E-state index in [1.165, 1.54) is 11.8 Å². The Bertz CT molecular complexity index is 791. The molecule has 1 aliphatic heterocycles. The Kier molecular flexibility index (Phi) is 4.68. The third kappa shape index (κ3) is 3.92. The van der Waals surface area contributed by atoms with E-state index in [0.29, 0.717) is 17.4 Å². The van der Waals surface area contributed by atoms with E-state index < -0.39 is 0 Å². The molecule has 0 bridgehead atoms. The number of rotatable bonds is 3. The molecule has 2 heterocycles. The average molecular weight is 346 g/mol. The fourth-order valence-electron chi connectivity index (χ4n) is 2.26. The van der Waals surface area contributed by atoms with Crippen molar-refractivity contribution in [2.75, 3.05) is 0 Å². The van der Waals surface area contributed by atoms with Gasteiger partial charge in [0.2, 0.25) is 5.91 Å². The van der Waals surface area contributed by atoms with Crippen LogP contribution >= 0.6 is 23.4 Å². The molecule has 1 unspecified atom stereocenters. The Morgan fingerprint density at radius 1 is 1.30 bits per heavy atom. The van der Waals surface area contributed by atoms with Crippen LogP contribution in [0.1, 0.15) is 16.8 Å². The van der Waals surface area contributed by atoms with E-state index in [1.807, 2.05) is 50.2 Å². The molecule has 6 heteroatoms. The molecule has 1 amide bonds. The number of thioether (sulfide) groups is 1. The number of pyridine rings is 1. The summed E-state index contributed by atoms with van der Waals surface area (Å²) in [6.45, 7) is 3.87. The Morgan fingerprint density at radius 3 is 2.87 bits per heavy atom. The van der Waals surface area contributed by atoms with Crippen LogP contribution in [0.3, 0.4) is 0 Å². The summed E-state index contributed by atoms with van der Waals surface area (Å²) in [5, 5.41) is 3.94. The van der Waals surface area contributed by atoms with Crippen molar-refractivity contribution in [2.45, 2.75) is 25.5 Å². The Hall–Kier alpha value is -1.85. The van der Waals surface area contributed by atoms with Gasteiger partial charge in [-0.25, -0.2) is 9.98 Å². The first-order valence-electron chi connectivity index (χ1n) is 7.26. The summed E-state index contributed by atoms with van der Waals surface area (Å²) in [6.07, 6.45) is 0.622. The number of aryl methyl sites for hydroxylation is 2. The predicted molar refractivity (Wildman–Crippen MR) is 95.5 cm³/mol. The van der Waals surface area contributed by atoms with E-state index in [4.69, 9.17) is 11.6 Å². The first kappa shape index (κ1) is 16.0. The van der Waals surface area contributed by atoms with Crippen LogP contribution in [-0.4, -0.2) is 21.3 Å². The molecule has 1 fully saturated rings. The van der Waals surface area contributed by atoms with Crippen LogP contribution in [0.25, 0.3) is 0 Å². The fourth-order valence-corrected chi connectivity index (χ4v) is 3.48. The fraction of sp³-hybridized carbons (Fsp3) is 0.235. The predicted octanol–water partition coefficient (Wildman–Crippen LogP) is 3.81. The maximum atomic E-state index is 12.1. The summed E-state index contributed by atoms with van der Waals surface area (Å²) in [5.41, 5.74) is 2.97. The Labute approximate surface area is 144 Å². The van der Waals surface area contributed by atoms with Crippen molar-refractivity contribution in [2.24, 2.45) is 4.99 Å². The maximum Gasteiger partial charge on any atom is 0.239 e. The molecule has 1 aromatic heterocycles. The standard InChI is InChI=1S/C17H16ClN3OS/c1-10-6-7-12(8-13(10)18)9-14-16(22)21-17(23-14)20-15-5-3-4-11(2)19-15/h3-8,14H,9H2,1-2H3,(H,19,20,21,22). The van der Waals surface area contributed by atoms with Crippen LogP contribution in [-0.2, 0) is 11.2 Å². The van der Waals surface area contributed by atoms with Crippen molar-refractivity contribution in [1.82, 2.24) is 10.3 Å². The van der Waals surface area contributed by atoms with Crippen molar-refractivity contribution in [1.29, 1.82) is 0 Å². The number of carbonyl (C=O) groups is 1. The second-order valence-corrected chi connectivity index (χ2v) is 7.04. The Morgan fingerprint density at radius 2 is 2.13 bits per heavy atom. The van der Waals surface area contributed by atoms with E-state index in [9.17, 15) is 4.79 Å². The summed E-state index contributed by atoms with van der Waals surface area (Å²) in [5.74, 6) is 0.574. The third-order valence-electron chi connectivity index (χ3n) is 3.52. The molecule has 118 valence electrons. The van der Waals surface area contributed by atoms with Crippen molar-refractivity contribution in [3.63, 3.8) is 0 Å². The second-order valence-electron chi connectivity index (χ2n) is 5.44. The number of amidine groups is 1. The Balaban J connectivity index is 1.73. The van der Waals surface area contributed by atoms with Crippen molar-refractivity contribution >= 4 is 40.3 Å². The highest BCUT2D eigenvalue weighted by Gasteiger charge is 2.30. The minimum Gasteiger partial charge on any atom is -0.304 e. The van der Waals surface area contributed by atoms with E-state index >= 15 is 0 Å². The minimum atomic E-state index is -0.197. The number of nitrogens with zero attached hydrogens (tertiary/aromatic N) is 2. The molecule has 23 heavy (non-hydrogen) atoms. The van der Waals surface area contributed by atoms with Gasteiger partial charge in [0.15, 0.2) is 11.0 Å². The first-order valence-corrected chi connectivity index (χ1v) is 8.52. The number of aromatic nitrogens is 1. The molecule has 0 aliphatic carbocycles. The number of amides is 1. The average Bonchev–Trinajstić information content (AvgIpc) is 2.83.